The molecule has 1 N–H and O–H groups in total. The molecule has 8 heteroatoms. The highest BCUT2D eigenvalue weighted by Gasteiger charge is 2.18. The second-order valence-electron chi connectivity index (χ2n) is 6.19. The summed E-state index contributed by atoms with van der Waals surface area (Å²) in [6.07, 6.45) is 0.426. The number of rotatable bonds is 7. The van der Waals surface area contributed by atoms with Gasteiger partial charge in [0.15, 0.2) is 0 Å². The van der Waals surface area contributed by atoms with E-state index in [-0.39, 0.29) is 11.8 Å². The number of amides is 2. The van der Waals surface area contributed by atoms with E-state index in [0.717, 1.165) is 22.2 Å². The van der Waals surface area contributed by atoms with Gasteiger partial charge in [0.2, 0.25) is 5.91 Å². The van der Waals surface area contributed by atoms with Gasteiger partial charge >= 0.3 is 0 Å². The zero-order chi connectivity index (χ0) is 19.1. The second kappa shape index (κ2) is 9.87. The average molecular weight is 406 g/mol. The fourth-order valence-corrected chi connectivity index (χ4v) is 4.27. The molecule has 0 radical (unpaired) electrons. The first-order chi connectivity index (χ1) is 13.1. The number of morpholine rings is 1. The summed E-state index contributed by atoms with van der Waals surface area (Å²) in [6.45, 7) is 4.33. The molecular formula is C19H23N3O3S2. The number of anilines is 1. The third-order valence-corrected chi connectivity index (χ3v) is 5.90. The SMILES string of the molecule is Cc1nc(CSCCC(=O)Nc2cccc(C(=O)N3CCOCC3)c2)cs1. The van der Waals surface area contributed by atoms with Gasteiger partial charge in [0.1, 0.15) is 0 Å². The van der Waals surface area contributed by atoms with Gasteiger partial charge in [-0.1, -0.05) is 6.07 Å². The third-order valence-electron chi connectivity index (χ3n) is 4.08. The lowest BCUT2D eigenvalue weighted by Gasteiger charge is -2.27. The van der Waals surface area contributed by atoms with Crippen molar-refractivity contribution in [1.29, 1.82) is 0 Å². The highest BCUT2D eigenvalue weighted by molar-refractivity contribution is 7.98. The molecule has 0 saturated carbocycles. The van der Waals surface area contributed by atoms with Crippen LogP contribution in [0.5, 0.6) is 0 Å². The van der Waals surface area contributed by atoms with Crippen LogP contribution in [0.15, 0.2) is 29.6 Å². The van der Waals surface area contributed by atoms with Gasteiger partial charge in [0, 0.05) is 47.6 Å². The van der Waals surface area contributed by atoms with Crippen LogP contribution in [0.25, 0.3) is 0 Å². The van der Waals surface area contributed by atoms with Crippen molar-refractivity contribution < 1.29 is 14.3 Å². The molecule has 1 aliphatic rings. The molecule has 2 aromatic rings. The first-order valence-corrected chi connectivity index (χ1v) is 10.9. The molecule has 144 valence electrons. The Bertz CT molecular complexity index is 788. The summed E-state index contributed by atoms with van der Waals surface area (Å²) in [7, 11) is 0. The molecule has 2 heterocycles. The second-order valence-corrected chi connectivity index (χ2v) is 8.36. The number of aromatic nitrogens is 1. The Balaban J connectivity index is 1.45. The predicted molar refractivity (Wildman–Crippen MR) is 109 cm³/mol. The molecule has 1 saturated heterocycles. The van der Waals surface area contributed by atoms with Gasteiger partial charge in [-0.15, -0.1) is 11.3 Å². The molecule has 1 aromatic carbocycles. The number of benzene rings is 1. The normalized spacial score (nSPS) is 14.2. The van der Waals surface area contributed by atoms with Crippen molar-refractivity contribution in [3.05, 3.63) is 45.9 Å². The van der Waals surface area contributed by atoms with Crippen molar-refractivity contribution in [3.63, 3.8) is 0 Å². The maximum Gasteiger partial charge on any atom is 0.254 e. The maximum atomic E-state index is 12.5. The van der Waals surface area contributed by atoms with Crippen molar-refractivity contribution in [3.8, 4) is 0 Å². The molecule has 1 fully saturated rings. The van der Waals surface area contributed by atoms with Gasteiger partial charge in [-0.05, 0) is 25.1 Å². The molecule has 6 nitrogen and oxygen atoms in total. The molecular weight excluding hydrogens is 382 g/mol. The van der Waals surface area contributed by atoms with Crippen LogP contribution in [0.1, 0.15) is 27.5 Å². The van der Waals surface area contributed by atoms with Crippen LogP contribution in [-0.4, -0.2) is 53.8 Å². The first kappa shape index (κ1) is 19.9. The van der Waals surface area contributed by atoms with Gasteiger partial charge < -0.3 is 15.0 Å². The minimum atomic E-state index is -0.0482. The van der Waals surface area contributed by atoms with Crippen LogP contribution in [0.4, 0.5) is 5.69 Å². The smallest absolute Gasteiger partial charge is 0.254 e. The minimum absolute atomic E-state index is 0.0245. The van der Waals surface area contributed by atoms with Crippen LogP contribution in [0.2, 0.25) is 0 Å². The van der Waals surface area contributed by atoms with Crippen molar-refractivity contribution >= 4 is 40.6 Å². The van der Waals surface area contributed by atoms with Crippen molar-refractivity contribution in [2.45, 2.75) is 19.1 Å². The summed E-state index contributed by atoms with van der Waals surface area (Å²) in [5.41, 5.74) is 2.31. The molecule has 1 aromatic heterocycles. The van der Waals surface area contributed by atoms with E-state index in [2.05, 4.69) is 15.7 Å². The van der Waals surface area contributed by atoms with Gasteiger partial charge in [-0.3, -0.25) is 9.59 Å². The molecule has 2 amide bonds. The highest BCUT2D eigenvalue weighted by Crippen LogP contribution is 2.17. The van der Waals surface area contributed by atoms with Crippen molar-refractivity contribution in [1.82, 2.24) is 9.88 Å². The maximum absolute atomic E-state index is 12.5. The van der Waals surface area contributed by atoms with Crippen molar-refractivity contribution in [2.75, 3.05) is 37.4 Å². The van der Waals surface area contributed by atoms with Crippen LogP contribution in [0, 0.1) is 6.92 Å². The number of thioether (sulfide) groups is 1. The number of hydrogen-bond donors (Lipinski definition) is 1. The Kier molecular flexibility index (Phi) is 7.25. The van der Waals surface area contributed by atoms with E-state index >= 15 is 0 Å². The standard InChI is InChI=1S/C19H23N3O3S2/c1-14-20-17(13-27-14)12-26-10-5-18(23)21-16-4-2-3-15(11-16)19(24)22-6-8-25-9-7-22/h2-4,11,13H,5-10,12H2,1H3,(H,21,23). The van der Waals surface area contributed by atoms with E-state index < -0.39 is 0 Å². The van der Waals surface area contributed by atoms with E-state index in [9.17, 15) is 9.59 Å². The number of aryl methyl sites for hydroxylation is 1. The fourth-order valence-electron chi connectivity index (χ4n) is 2.72. The number of hydrogen-bond acceptors (Lipinski definition) is 6. The molecule has 0 unspecified atom stereocenters. The Hall–Kier alpha value is -1.90. The molecule has 27 heavy (non-hydrogen) atoms. The molecule has 1 aliphatic heterocycles. The van der Waals surface area contributed by atoms with E-state index in [0.29, 0.717) is 44.0 Å². The van der Waals surface area contributed by atoms with Gasteiger partial charge in [-0.25, -0.2) is 4.98 Å². The van der Waals surface area contributed by atoms with Gasteiger partial charge in [0.05, 0.1) is 23.9 Å². The van der Waals surface area contributed by atoms with Crippen LogP contribution in [0.3, 0.4) is 0 Å². The summed E-state index contributed by atoms with van der Waals surface area (Å²) in [5.74, 6) is 1.48. The first-order valence-electron chi connectivity index (χ1n) is 8.87. The van der Waals surface area contributed by atoms with E-state index in [1.807, 2.05) is 6.92 Å². The number of carbonyl (C=O) groups excluding carboxylic acids is 2. The zero-order valence-electron chi connectivity index (χ0n) is 15.3. The topological polar surface area (TPSA) is 71.5 Å². The average Bonchev–Trinajstić information content (AvgIpc) is 3.11. The lowest BCUT2D eigenvalue weighted by Crippen LogP contribution is -2.40. The van der Waals surface area contributed by atoms with E-state index in [4.69, 9.17) is 4.74 Å². The monoisotopic (exact) mass is 405 g/mol. The van der Waals surface area contributed by atoms with Crippen molar-refractivity contribution in [2.24, 2.45) is 0 Å². The fraction of sp³-hybridized carbons (Fsp3) is 0.421. The lowest BCUT2D eigenvalue weighted by atomic mass is 10.1. The van der Waals surface area contributed by atoms with E-state index in [1.54, 1.807) is 52.3 Å². The van der Waals surface area contributed by atoms with Gasteiger partial charge in [-0.2, -0.15) is 11.8 Å². The minimum Gasteiger partial charge on any atom is -0.378 e. The van der Waals surface area contributed by atoms with Crippen LogP contribution in [-0.2, 0) is 15.3 Å². The summed E-state index contributed by atoms with van der Waals surface area (Å²) >= 11 is 3.34. The Labute approximate surface area is 167 Å². The zero-order valence-corrected chi connectivity index (χ0v) is 16.9. The van der Waals surface area contributed by atoms with E-state index in [1.165, 1.54) is 0 Å². The molecule has 3 rings (SSSR count). The highest BCUT2D eigenvalue weighted by atomic mass is 32.2. The number of nitrogens with zero attached hydrogens (tertiary/aromatic N) is 2. The molecule has 0 atom stereocenters. The Morgan fingerprint density at radius 3 is 2.89 bits per heavy atom. The Morgan fingerprint density at radius 1 is 1.33 bits per heavy atom. The number of nitrogens with one attached hydrogen (secondary N) is 1. The summed E-state index contributed by atoms with van der Waals surface area (Å²) in [4.78, 5) is 30.9. The largest absolute Gasteiger partial charge is 0.378 e. The quantitative estimate of drug-likeness (QED) is 0.717. The molecule has 0 spiro atoms. The summed E-state index contributed by atoms with van der Waals surface area (Å²) < 4.78 is 5.28. The number of carbonyl (C=O) groups is 2. The summed E-state index contributed by atoms with van der Waals surface area (Å²) in [6, 6.07) is 7.11. The van der Waals surface area contributed by atoms with Crippen LogP contribution >= 0.6 is 23.1 Å². The van der Waals surface area contributed by atoms with Gasteiger partial charge in [0.25, 0.3) is 5.91 Å². The Morgan fingerprint density at radius 2 is 2.15 bits per heavy atom. The third kappa shape index (κ3) is 6.05. The van der Waals surface area contributed by atoms with Crippen LogP contribution < -0.4 is 5.32 Å². The lowest BCUT2D eigenvalue weighted by molar-refractivity contribution is -0.115. The number of thiazole rings is 1. The molecule has 0 bridgehead atoms. The summed E-state index contributed by atoms with van der Waals surface area (Å²) in [5, 5.41) is 6.00. The predicted octanol–water partition coefficient (Wildman–Crippen LogP) is 3.19. The molecule has 0 aliphatic carbocycles. The number of ether oxygens (including phenoxy) is 1.